The smallest absolute Gasteiger partial charge is 0.299 e. The molecule has 1 N–H and O–H groups in total. The molecule has 1 aromatic heterocycles. The largest absolute Gasteiger partial charge is 0.416 e. The van der Waals surface area contributed by atoms with Gasteiger partial charge in [0, 0.05) is 6.54 Å². The molecule has 1 fully saturated rings. The van der Waals surface area contributed by atoms with Crippen molar-refractivity contribution in [3.05, 3.63) is 34.8 Å². The van der Waals surface area contributed by atoms with Gasteiger partial charge in [-0.3, -0.25) is 10.1 Å². The zero-order chi connectivity index (χ0) is 19.8. The summed E-state index contributed by atoms with van der Waals surface area (Å²) in [6.07, 6.45) is -3.78. The van der Waals surface area contributed by atoms with Crippen LogP contribution in [-0.4, -0.2) is 41.4 Å². The molecule has 0 radical (unpaired) electrons. The maximum Gasteiger partial charge on any atom is 0.416 e. The topological polar surface area (TPSA) is 92.3 Å². The number of nitrogens with zero attached hydrogens (tertiary/aromatic N) is 3. The molecule has 1 atom stereocenters. The van der Waals surface area contributed by atoms with Gasteiger partial charge in [-0.2, -0.15) is 17.5 Å². The second kappa shape index (κ2) is 7.17. The first kappa shape index (κ1) is 19.7. The van der Waals surface area contributed by atoms with Crippen molar-refractivity contribution in [1.29, 1.82) is 0 Å². The number of aryl methyl sites for hydroxylation is 1. The lowest BCUT2D eigenvalue weighted by Gasteiger charge is -2.23. The lowest BCUT2D eigenvalue weighted by Crippen LogP contribution is -2.43. The molecule has 0 unspecified atom stereocenters. The number of anilines is 1. The third-order valence-corrected chi connectivity index (χ3v) is 6.73. The molecule has 12 heteroatoms. The summed E-state index contributed by atoms with van der Waals surface area (Å²) in [4.78, 5) is 12.2. The van der Waals surface area contributed by atoms with Crippen molar-refractivity contribution in [3.63, 3.8) is 0 Å². The molecule has 3 rings (SSSR count). The van der Waals surface area contributed by atoms with E-state index in [-0.39, 0.29) is 16.6 Å². The van der Waals surface area contributed by atoms with E-state index < -0.39 is 33.7 Å². The first-order chi connectivity index (χ1) is 12.6. The number of hydrogen-bond donors (Lipinski definition) is 1. The lowest BCUT2D eigenvalue weighted by atomic mass is 10.2. The monoisotopic (exact) mass is 420 g/mol. The quantitative estimate of drug-likeness (QED) is 0.821. The van der Waals surface area contributed by atoms with Crippen molar-refractivity contribution in [2.45, 2.75) is 36.9 Å². The van der Waals surface area contributed by atoms with Crippen LogP contribution in [0.1, 0.15) is 23.4 Å². The average Bonchev–Trinajstić information content (AvgIpc) is 3.23. The molecule has 1 amide bonds. The van der Waals surface area contributed by atoms with Gasteiger partial charge in [0.15, 0.2) is 0 Å². The molecule has 7 nitrogen and oxygen atoms in total. The molecule has 2 heterocycles. The van der Waals surface area contributed by atoms with Gasteiger partial charge in [0.2, 0.25) is 21.1 Å². The van der Waals surface area contributed by atoms with Crippen LogP contribution in [0.4, 0.5) is 18.3 Å². The number of sulfonamides is 1. The molecule has 0 aliphatic carbocycles. The zero-order valence-corrected chi connectivity index (χ0v) is 15.7. The van der Waals surface area contributed by atoms with E-state index in [4.69, 9.17) is 0 Å². The second-order valence-corrected chi connectivity index (χ2v) is 8.98. The highest BCUT2D eigenvalue weighted by atomic mass is 32.2. The number of carbonyl (C=O) groups excluding carboxylic acids is 1. The normalized spacial score (nSPS) is 18.6. The van der Waals surface area contributed by atoms with Crippen molar-refractivity contribution in [2.75, 3.05) is 11.9 Å². The summed E-state index contributed by atoms with van der Waals surface area (Å²) in [7, 11) is -4.11. The number of aromatic nitrogens is 2. The highest BCUT2D eigenvalue weighted by molar-refractivity contribution is 7.89. The molecule has 1 aliphatic heterocycles. The van der Waals surface area contributed by atoms with Crippen LogP contribution >= 0.6 is 11.3 Å². The summed E-state index contributed by atoms with van der Waals surface area (Å²) < 4.78 is 64.6. The van der Waals surface area contributed by atoms with Crippen LogP contribution in [0.5, 0.6) is 0 Å². The van der Waals surface area contributed by atoms with Crippen LogP contribution in [0, 0.1) is 6.92 Å². The van der Waals surface area contributed by atoms with E-state index in [9.17, 15) is 26.4 Å². The molecule has 1 saturated heterocycles. The third kappa shape index (κ3) is 4.12. The van der Waals surface area contributed by atoms with Gasteiger partial charge in [-0.05, 0) is 44.0 Å². The number of hydrogen-bond acceptors (Lipinski definition) is 6. The molecule has 2 aromatic rings. The number of amides is 1. The highest BCUT2D eigenvalue weighted by Crippen LogP contribution is 2.32. The maximum absolute atomic E-state index is 12.8. The summed E-state index contributed by atoms with van der Waals surface area (Å²) in [5.41, 5.74) is -0.941. The SMILES string of the molecule is Cc1nnc(NC(=O)[C@H]2CCCN2S(=O)(=O)c2ccc(C(F)(F)F)cc2)s1. The van der Waals surface area contributed by atoms with Gasteiger partial charge >= 0.3 is 6.18 Å². The standard InChI is InChI=1S/C15H15F3N4O3S2/c1-9-20-21-14(26-9)19-13(23)12-3-2-8-22(12)27(24,25)11-6-4-10(5-7-11)15(16,17)18/h4-7,12H,2-3,8H2,1H3,(H,19,21,23)/t12-/m1/s1. The van der Waals surface area contributed by atoms with Crippen molar-refractivity contribution in [2.24, 2.45) is 0 Å². The summed E-state index contributed by atoms with van der Waals surface area (Å²) in [6.45, 7) is 1.82. The molecule has 0 bridgehead atoms. The predicted molar refractivity (Wildman–Crippen MR) is 91.6 cm³/mol. The Morgan fingerprint density at radius 1 is 1.26 bits per heavy atom. The van der Waals surface area contributed by atoms with Gasteiger partial charge < -0.3 is 0 Å². The zero-order valence-electron chi connectivity index (χ0n) is 14.0. The van der Waals surface area contributed by atoms with Crippen LogP contribution < -0.4 is 5.32 Å². The van der Waals surface area contributed by atoms with Crippen molar-refractivity contribution >= 4 is 32.4 Å². The van der Waals surface area contributed by atoms with Gasteiger partial charge in [0.25, 0.3) is 0 Å². The first-order valence-electron chi connectivity index (χ1n) is 7.89. The summed E-state index contributed by atoms with van der Waals surface area (Å²) in [6, 6.07) is 2.27. The van der Waals surface area contributed by atoms with E-state index in [0.29, 0.717) is 30.0 Å². The minimum Gasteiger partial charge on any atom is -0.299 e. The molecular weight excluding hydrogens is 405 g/mol. The second-order valence-electron chi connectivity index (χ2n) is 5.91. The van der Waals surface area contributed by atoms with Crippen LogP contribution in [0.3, 0.4) is 0 Å². The molecule has 0 spiro atoms. The molecule has 146 valence electrons. The molecule has 0 saturated carbocycles. The first-order valence-corrected chi connectivity index (χ1v) is 10.1. The number of carbonyl (C=O) groups is 1. The fourth-order valence-electron chi connectivity index (χ4n) is 2.78. The molecule has 1 aromatic carbocycles. The van der Waals surface area contributed by atoms with E-state index in [1.165, 1.54) is 0 Å². The molecular formula is C15H15F3N4O3S2. The fraction of sp³-hybridized carbons (Fsp3) is 0.400. The van der Waals surface area contributed by atoms with Gasteiger partial charge in [-0.1, -0.05) is 11.3 Å². The highest BCUT2D eigenvalue weighted by Gasteiger charge is 2.40. The van der Waals surface area contributed by atoms with E-state index in [0.717, 1.165) is 27.8 Å². The van der Waals surface area contributed by atoms with E-state index in [2.05, 4.69) is 15.5 Å². The Labute approximate surface area is 157 Å². The van der Waals surface area contributed by atoms with Crippen LogP contribution in [0.15, 0.2) is 29.2 Å². The fourth-order valence-corrected chi connectivity index (χ4v) is 5.03. The van der Waals surface area contributed by atoms with Crippen molar-refractivity contribution in [1.82, 2.24) is 14.5 Å². The Hall–Kier alpha value is -2.05. The summed E-state index contributed by atoms with van der Waals surface area (Å²) in [5, 5.41) is 11.0. The minimum absolute atomic E-state index is 0.108. The van der Waals surface area contributed by atoms with E-state index in [1.807, 2.05) is 0 Å². The van der Waals surface area contributed by atoms with Crippen molar-refractivity contribution < 1.29 is 26.4 Å². The summed E-state index contributed by atoms with van der Waals surface area (Å²) >= 11 is 1.16. The Kier molecular flexibility index (Phi) is 5.23. The average molecular weight is 420 g/mol. The Balaban J connectivity index is 1.81. The Morgan fingerprint density at radius 3 is 2.48 bits per heavy atom. The summed E-state index contributed by atoms with van der Waals surface area (Å²) in [5.74, 6) is -0.542. The number of benzene rings is 1. The third-order valence-electron chi connectivity index (χ3n) is 4.05. The number of alkyl halides is 3. The molecule has 1 aliphatic rings. The minimum atomic E-state index is -4.56. The van der Waals surface area contributed by atoms with Crippen LogP contribution in [-0.2, 0) is 21.0 Å². The van der Waals surface area contributed by atoms with Crippen LogP contribution in [0.2, 0.25) is 0 Å². The predicted octanol–water partition coefficient (Wildman–Crippen LogP) is 2.66. The van der Waals surface area contributed by atoms with Crippen molar-refractivity contribution in [3.8, 4) is 0 Å². The lowest BCUT2D eigenvalue weighted by molar-refractivity contribution is -0.137. The van der Waals surface area contributed by atoms with Gasteiger partial charge in [-0.25, -0.2) is 8.42 Å². The number of rotatable bonds is 4. The van der Waals surface area contributed by atoms with Gasteiger partial charge in [0.1, 0.15) is 11.0 Å². The number of nitrogens with one attached hydrogen (secondary N) is 1. The van der Waals surface area contributed by atoms with E-state index in [1.54, 1.807) is 6.92 Å². The van der Waals surface area contributed by atoms with Gasteiger partial charge in [-0.15, -0.1) is 10.2 Å². The number of halogens is 3. The Bertz CT molecular complexity index is 942. The van der Waals surface area contributed by atoms with E-state index >= 15 is 0 Å². The van der Waals surface area contributed by atoms with Crippen LogP contribution in [0.25, 0.3) is 0 Å². The molecule has 27 heavy (non-hydrogen) atoms. The maximum atomic E-state index is 12.8. The van der Waals surface area contributed by atoms with Gasteiger partial charge in [0.05, 0.1) is 10.5 Å². The Morgan fingerprint density at radius 2 is 1.93 bits per heavy atom.